The van der Waals surface area contributed by atoms with Crippen molar-refractivity contribution in [2.75, 3.05) is 32.8 Å². The van der Waals surface area contributed by atoms with Gasteiger partial charge >= 0.3 is 0 Å². The standard InChI is InChI=1S/C16H24N2O2/c1-13(2)14-6-3-4-7-15(14)20-12-16(19)18-10-5-8-17-9-11-18/h3-4,6-7,13,17H,5,8-12H2,1-2H3. The van der Waals surface area contributed by atoms with E-state index in [1.807, 2.05) is 23.1 Å². The molecule has 0 spiro atoms. The molecule has 1 aromatic rings. The Morgan fingerprint density at radius 2 is 2.10 bits per heavy atom. The van der Waals surface area contributed by atoms with Gasteiger partial charge in [-0.2, -0.15) is 0 Å². The third-order valence-corrected chi connectivity index (χ3v) is 3.58. The number of benzene rings is 1. The van der Waals surface area contributed by atoms with E-state index < -0.39 is 0 Å². The molecule has 1 aliphatic heterocycles. The number of ether oxygens (including phenoxy) is 1. The molecule has 1 fully saturated rings. The van der Waals surface area contributed by atoms with Crippen LogP contribution in [0.4, 0.5) is 0 Å². The summed E-state index contributed by atoms with van der Waals surface area (Å²) < 4.78 is 5.74. The highest BCUT2D eigenvalue weighted by atomic mass is 16.5. The van der Waals surface area contributed by atoms with Gasteiger partial charge in [0.05, 0.1) is 0 Å². The fraction of sp³-hybridized carbons (Fsp3) is 0.562. The summed E-state index contributed by atoms with van der Waals surface area (Å²) >= 11 is 0. The van der Waals surface area contributed by atoms with Gasteiger partial charge in [0.2, 0.25) is 0 Å². The second-order valence-corrected chi connectivity index (χ2v) is 5.47. The third-order valence-electron chi connectivity index (χ3n) is 3.58. The molecule has 0 aliphatic carbocycles. The van der Waals surface area contributed by atoms with Crippen LogP contribution in [-0.2, 0) is 4.79 Å². The van der Waals surface area contributed by atoms with Crippen molar-refractivity contribution in [1.29, 1.82) is 0 Å². The minimum atomic E-state index is 0.0762. The number of carbonyl (C=O) groups is 1. The maximum Gasteiger partial charge on any atom is 0.260 e. The lowest BCUT2D eigenvalue weighted by Gasteiger charge is -2.21. The van der Waals surface area contributed by atoms with Crippen molar-refractivity contribution in [1.82, 2.24) is 10.2 Å². The average Bonchev–Trinajstić information content (AvgIpc) is 2.74. The van der Waals surface area contributed by atoms with Gasteiger partial charge in [-0.1, -0.05) is 32.0 Å². The topological polar surface area (TPSA) is 41.6 Å². The summed E-state index contributed by atoms with van der Waals surface area (Å²) in [6.45, 7) is 7.84. The first kappa shape index (κ1) is 14.9. The van der Waals surface area contributed by atoms with Crippen molar-refractivity contribution in [3.05, 3.63) is 29.8 Å². The first-order valence-corrected chi connectivity index (χ1v) is 7.38. The van der Waals surface area contributed by atoms with Gasteiger partial charge in [-0.25, -0.2) is 0 Å². The van der Waals surface area contributed by atoms with Gasteiger partial charge in [0.25, 0.3) is 5.91 Å². The third kappa shape index (κ3) is 3.97. The molecular formula is C16H24N2O2. The minimum absolute atomic E-state index is 0.0762. The summed E-state index contributed by atoms with van der Waals surface area (Å²) in [4.78, 5) is 14.1. The van der Waals surface area contributed by atoms with Gasteiger partial charge in [0.15, 0.2) is 6.61 Å². The Morgan fingerprint density at radius 3 is 2.90 bits per heavy atom. The summed E-state index contributed by atoms with van der Waals surface area (Å²) in [7, 11) is 0. The van der Waals surface area contributed by atoms with Gasteiger partial charge in [0, 0.05) is 19.6 Å². The Morgan fingerprint density at radius 1 is 1.30 bits per heavy atom. The zero-order chi connectivity index (χ0) is 14.4. The van der Waals surface area contributed by atoms with Gasteiger partial charge in [-0.3, -0.25) is 4.79 Å². The smallest absolute Gasteiger partial charge is 0.260 e. The van der Waals surface area contributed by atoms with Crippen LogP contribution in [0.3, 0.4) is 0 Å². The van der Waals surface area contributed by atoms with Gasteiger partial charge in [-0.15, -0.1) is 0 Å². The molecule has 0 unspecified atom stereocenters. The van der Waals surface area contributed by atoms with Crippen LogP contribution in [-0.4, -0.2) is 43.6 Å². The van der Waals surface area contributed by atoms with Crippen LogP contribution >= 0.6 is 0 Å². The summed E-state index contributed by atoms with van der Waals surface area (Å²) in [5.74, 6) is 1.29. The molecule has 4 nitrogen and oxygen atoms in total. The SMILES string of the molecule is CC(C)c1ccccc1OCC(=O)N1CCCNCC1. The van der Waals surface area contributed by atoms with E-state index in [4.69, 9.17) is 4.74 Å². The quantitative estimate of drug-likeness (QED) is 0.914. The van der Waals surface area contributed by atoms with E-state index in [-0.39, 0.29) is 12.5 Å². The fourth-order valence-electron chi connectivity index (χ4n) is 2.41. The molecule has 1 aliphatic rings. The van der Waals surface area contributed by atoms with E-state index in [9.17, 15) is 4.79 Å². The number of hydrogen-bond donors (Lipinski definition) is 1. The fourth-order valence-corrected chi connectivity index (χ4v) is 2.41. The molecule has 1 aromatic carbocycles. The molecule has 1 amide bonds. The van der Waals surface area contributed by atoms with E-state index in [2.05, 4.69) is 25.2 Å². The number of hydrogen-bond acceptors (Lipinski definition) is 3. The monoisotopic (exact) mass is 276 g/mol. The van der Waals surface area contributed by atoms with E-state index in [1.165, 1.54) is 0 Å². The van der Waals surface area contributed by atoms with E-state index in [0.29, 0.717) is 5.92 Å². The lowest BCUT2D eigenvalue weighted by molar-refractivity contribution is -0.133. The molecule has 0 aromatic heterocycles. The van der Waals surface area contributed by atoms with Crippen LogP contribution in [0.25, 0.3) is 0 Å². The summed E-state index contributed by atoms with van der Waals surface area (Å²) in [6.07, 6.45) is 1.01. The Bertz CT molecular complexity index is 438. The number of para-hydroxylation sites is 1. The van der Waals surface area contributed by atoms with Crippen molar-refractivity contribution in [2.24, 2.45) is 0 Å². The molecule has 20 heavy (non-hydrogen) atoms. The largest absolute Gasteiger partial charge is 0.483 e. The highest BCUT2D eigenvalue weighted by molar-refractivity contribution is 5.77. The van der Waals surface area contributed by atoms with Crippen molar-refractivity contribution < 1.29 is 9.53 Å². The van der Waals surface area contributed by atoms with Crippen molar-refractivity contribution in [3.8, 4) is 5.75 Å². The predicted molar refractivity (Wildman–Crippen MR) is 80.1 cm³/mol. The molecule has 0 saturated carbocycles. The van der Waals surface area contributed by atoms with Gasteiger partial charge < -0.3 is 15.0 Å². The summed E-state index contributed by atoms with van der Waals surface area (Å²) in [5.41, 5.74) is 1.15. The molecule has 110 valence electrons. The zero-order valence-corrected chi connectivity index (χ0v) is 12.4. The normalized spacial score (nSPS) is 16.1. The molecule has 0 radical (unpaired) electrons. The lowest BCUT2D eigenvalue weighted by Crippen LogP contribution is -2.37. The first-order chi connectivity index (χ1) is 9.68. The first-order valence-electron chi connectivity index (χ1n) is 7.38. The van der Waals surface area contributed by atoms with Crippen molar-refractivity contribution >= 4 is 5.91 Å². The van der Waals surface area contributed by atoms with Gasteiger partial charge in [0.1, 0.15) is 5.75 Å². The molecular weight excluding hydrogens is 252 g/mol. The van der Waals surface area contributed by atoms with Crippen LogP contribution in [0.2, 0.25) is 0 Å². The Balaban J connectivity index is 1.92. The highest BCUT2D eigenvalue weighted by Gasteiger charge is 2.16. The van der Waals surface area contributed by atoms with E-state index in [1.54, 1.807) is 0 Å². The number of nitrogens with one attached hydrogen (secondary N) is 1. The molecule has 0 bridgehead atoms. The molecule has 0 atom stereocenters. The molecule has 1 saturated heterocycles. The molecule has 1 heterocycles. The second-order valence-electron chi connectivity index (χ2n) is 5.47. The lowest BCUT2D eigenvalue weighted by atomic mass is 10.0. The van der Waals surface area contributed by atoms with Crippen LogP contribution < -0.4 is 10.1 Å². The minimum Gasteiger partial charge on any atom is -0.483 e. The second kappa shape index (κ2) is 7.29. The Hall–Kier alpha value is -1.55. The number of amides is 1. The van der Waals surface area contributed by atoms with Crippen LogP contribution in [0.15, 0.2) is 24.3 Å². The maximum absolute atomic E-state index is 12.2. The molecule has 1 N–H and O–H groups in total. The molecule has 4 heteroatoms. The zero-order valence-electron chi connectivity index (χ0n) is 12.4. The number of carbonyl (C=O) groups excluding carboxylic acids is 1. The van der Waals surface area contributed by atoms with Crippen LogP contribution in [0.5, 0.6) is 5.75 Å². The number of nitrogens with zero attached hydrogens (tertiary/aromatic N) is 1. The van der Waals surface area contributed by atoms with E-state index in [0.717, 1.165) is 43.9 Å². The Kier molecular flexibility index (Phi) is 5.41. The Labute approximate surface area is 121 Å². The van der Waals surface area contributed by atoms with Crippen LogP contribution in [0.1, 0.15) is 31.7 Å². The van der Waals surface area contributed by atoms with Crippen molar-refractivity contribution in [2.45, 2.75) is 26.2 Å². The summed E-state index contributed by atoms with van der Waals surface area (Å²) in [6, 6.07) is 7.94. The maximum atomic E-state index is 12.2. The predicted octanol–water partition coefficient (Wildman–Crippen LogP) is 2.01. The van der Waals surface area contributed by atoms with Crippen molar-refractivity contribution in [3.63, 3.8) is 0 Å². The summed E-state index contributed by atoms with van der Waals surface area (Å²) in [5, 5.41) is 3.30. The van der Waals surface area contributed by atoms with Gasteiger partial charge in [-0.05, 0) is 30.5 Å². The number of rotatable bonds is 4. The van der Waals surface area contributed by atoms with Crippen LogP contribution in [0, 0.1) is 0 Å². The van der Waals surface area contributed by atoms with E-state index >= 15 is 0 Å². The molecule has 2 rings (SSSR count). The highest BCUT2D eigenvalue weighted by Crippen LogP contribution is 2.25. The average molecular weight is 276 g/mol.